The lowest BCUT2D eigenvalue weighted by Gasteiger charge is -2.08. The summed E-state index contributed by atoms with van der Waals surface area (Å²) >= 11 is 11.3. The van der Waals surface area contributed by atoms with E-state index in [1.54, 1.807) is 12.3 Å². The summed E-state index contributed by atoms with van der Waals surface area (Å²) in [6.45, 7) is 2.28. The molecule has 2 N–H and O–H groups in total. The average Bonchev–Trinajstić information content (AvgIpc) is 3.02. The minimum absolute atomic E-state index is 0.301. The monoisotopic (exact) mass is 359 g/mol. The van der Waals surface area contributed by atoms with E-state index >= 15 is 0 Å². The van der Waals surface area contributed by atoms with Crippen molar-refractivity contribution < 1.29 is 4.52 Å². The molecule has 24 heavy (non-hydrogen) atoms. The predicted molar refractivity (Wildman–Crippen MR) is 96.8 cm³/mol. The number of aromatic nitrogens is 3. The van der Waals surface area contributed by atoms with E-state index in [9.17, 15) is 0 Å². The Morgan fingerprint density at radius 1 is 1.29 bits per heavy atom. The molecule has 3 aromatic rings. The van der Waals surface area contributed by atoms with Crippen molar-refractivity contribution in [1.82, 2.24) is 20.4 Å². The minimum atomic E-state index is 0.301. The molecule has 6 nitrogen and oxygen atoms in total. The van der Waals surface area contributed by atoms with Crippen molar-refractivity contribution in [2.45, 2.75) is 13.5 Å². The Morgan fingerprint density at radius 2 is 2.12 bits per heavy atom. The highest BCUT2D eigenvalue weighted by atomic mass is 35.5. The van der Waals surface area contributed by atoms with E-state index in [1.165, 1.54) is 0 Å². The normalized spacial score (nSPS) is 10.4. The molecule has 2 heterocycles. The lowest BCUT2D eigenvalue weighted by Crippen LogP contribution is -2.28. The quantitative estimate of drug-likeness (QED) is 0.689. The zero-order chi connectivity index (χ0) is 16.9. The minimum Gasteiger partial charge on any atom is -0.353 e. The summed E-state index contributed by atoms with van der Waals surface area (Å²) in [6.07, 6.45) is 1.72. The molecule has 0 saturated heterocycles. The van der Waals surface area contributed by atoms with Crippen LogP contribution in [0.1, 0.15) is 11.5 Å². The number of thiocarbonyl (C=S) groups is 1. The highest BCUT2D eigenvalue weighted by molar-refractivity contribution is 7.80. The molecule has 3 rings (SSSR count). The highest BCUT2D eigenvalue weighted by Crippen LogP contribution is 2.24. The summed E-state index contributed by atoms with van der Waals surface area (Å²) in [5.74, 6) is 1.53. The largest absolute Gasteiger partial charge is 0.353 e. The second-order valence-corrected chi connectivity index (χ2v) is 5.83. The standard InChI is InChI=1S/C16H14ClN5OS/c1-10-6-7-18-13(8-10)20-16(24)19-9-14-21-15(22-23-14)11-4-2-3-5-12(11)17/h2-8H,9H2,1H3,(H2,18,19,20,24). The Hall–Kier alpha value is -2.51. The van der Waals surface area contributed by atoms with E-state index in [2.05, 4.69) is 25.8 Å². The van der Waals surface area contributed by atoms with Gasteiger partial charge in [0.15, 0.2) is 5.11 Å². The molecule has 0 bridgehead atoms. The van der Waals surface area contributed by atoms with Crippen molar-refractivity contribution in [2.24, 2.45) is 0 Å². The van der Waals surface area contributed by atoms with E-state index < -0.39 is 0 Å². The van der Waals surface area contributed by atoms with Crippen molar-refractivity contribution in [2.75, 3.05) is 5.32 Å². The van der Waals surface area contributed by atoms with E-state index in [0.29, 0.717) is 34.2 Å². The van der Waals surface area contributed by atoms with Crippen LogP contribution in [-0.2, 0) is 6.54 Å². The van der Waals surface area contributed by atoms with Crippen molar-refractivity contribution in [3.05, 3.63) is 59.1 Å². The molecule has 0 aliphatic rings. The van der Waals surface area contributed by atoms with Crippen LogP contribution >= 0.6 is 23.8 Å². The summed E-state index contributed by atoms with van der Waals surface area (Å²) in [6, 6.07) is 11.1. The van der Waals surface area contributed by atoms with Gasteiger partial charge in [-0.1, -0.05) is 28.9 Å². The Bertz CT molecular complexity index is 867. The molecule has 0 amide bonds. The zero-order valence-electron chi connectivity index (χ0n) is 12.8. The highest BCUT2D eigenvalue weighted by Gasteiger charge is 2.11. The van der Waals surface area contributed by atoms with Crippen LogP contribution < -0.4 is 10.6 Å². The first-order valence-corrected chi connectivity index (χ1v) is 7.95. The van der Waals surface area contributed by atoms with Crippen molar-refractivity contribution in [3.63, 3.8) is 0 Å². The first-order chi connectivity index (χ1) is 11.6. The van der Waals surface area contributed by atoms with Gasteiger partial charge in [0.25, 0.3) is 0 Å². The van der Waals surface area contributed by atoms with Gasteiger partial charge >= 0.3 is 0 Å². The van der Waals surface area contributed by atoms with Gasteiger partial charge < -0.3 is 15.2 Å². The van der Waals surface area contributed by atoms with Crippen LogP contribution in [0.25, 0.3) is 11.4 Å². The SMILES string of the molecule is Cc1ccnc(NC(=S)NCc2nc(-c3ccccc3Cl)no2)c1. The number of nitrogens with zero attached hydrogens (tertiary/aromatic N) is 3. The summed E-state index contributed by atoms with van der Waals surface area (Å²) < 4.78 is 5.21. The maximum absolute atomic E-state index is 6.12. The van der Waals surface area contributed by atoms with Crippen molar-refractivity contribution in [3.8, 4) is 11.4 Å². The number of hydrogen-bond donors (Lipinski definition) is 2. The number of aryl methyl sites for hydroxylation is 1. The van der Waals surface area contributed by atoms with E-state index in [-0.39, 0.29) is 0 Å². The summed E-state index contributed by atoms with van der Waals surface area (Å²) in [5, 5.41) is 10.9. The molecule has 0 saturated carbocycles. The Balaban J connectivity index is 1.59. The predicted octanol–water partition coefficient (Wildman–Crippen LogP) is 3.58. The van der Waals surface area contributed by atoms with Crippen LogP contribution in [-0.4, -0.2) is 20.2 Å². The third-order valence-electron chi connectivity index (χ3n) is 3.14. The number of benzene rings is 1. The molecular formula is C16H14ClN5OS. The molecule has 122 valence electrons. The van der Waals surface area contributed by atoms with Gasteiger partial charge in [-0.25, -0.2) is 4.98 Å². The van der Waals surface area contributed by atoms with Crippen LogP contribution in [0.15, 0.2) is 47.1 Å². The van der Waals surface area contributed by atoms with Crippen LogP contribution in [0.4, 0.5) is 5.82 Å². The Labute approximate surface area is 149 Å². The van der Waals surface area contributed by atoms with Gasteiger partial charge in [0.1, 0.15) is 5.82 Å². The Morgan fingerprint density at radius 3 is 2.92 bits per heavy atom. The van der Waals surface area contributed by atoms with Crippen LogP contribution in [0.2, 0.25) is 5.02 Å². The van der Waals surface area contributed by atoms with E-state index in [1.807, 2.05) is 37.3 Å². The fraction of sp³-hybridized carbons (Fsp3) is 0.125. The van der Waals surface area contributed by atoms with Gasteiger partial charge in [0, 0.05) is 11.8 Å². The van der Waals surface area contributed by atoms with Gasteiger partial charge in [-0.05, 0) is 49.0 Å². The number of rotatable bonds is 4. The number of nitrogens with one attached hydrogen (secondary N) is 2. The van der Waals surface area contributed by atoms with Gasteiger partial charge in [-0.2, -0.15) is 4.98 Å². The number of pyridine rings is 1. The molecule has 0 spiro atoms. The Kier molecular flexibility index (Phi) is 5.02. The van der Waals surface area contributed by atoms with Crippen LogP contribution in [0.5, 0.6) is 0 Å². The maximum atomic E-state index is 6.12. The fourth-order valence-corrected chi connectivity index (χ4v) is 2.40. The number of halogens is 1. The topological polar surface area (TPSA) is 75.9 Å². The second kappa shape index (κ2) is 7.37. The fourth-order valence-electron chi connectivity index (χ4n) is 2.00. The summed E-state index contributed by atoms with van der Waals surface area (Å²) in [4.78, 5) is 8.49. The zero-order valence-corrected chi connectivity index (χ0v) is 14.4. The van der Waals surface area contributed by atoms with Gasteiger partial charge in [0.2, 0.25) is 11.7 Å². The van der Waals surface area contributed by atoms with Crippen molar-refractivity contribution in [1.29, 1.82) is 0 Å². The third kappa shape index (κ3) is 4.06. The molecule has 0 aliphatic heterocycles. The van der Waals surface area contributed by atoms with Gasteiger partial charge in [-0.15, -0.1) is 0 Å². The van der Waals surface area contributed by atoms with Crippen LogP contribution in [0.3, 0.4) is 0 Å². The second-order valence-electron chi connectivity index (χ2n) is 5.02. The van der Waals surface area contributed by atoms with E-state index in [0.717, 1.165) is 11.1 Å². The summed E-state index contributed by atoms with van der Waals surface area (Å²) in [7, 11) is 0. The lowest BCUT2D eigenvalue weighted by atomic mass is 10.2. The molecule has 2 aromatic heterocycles. The first-order valence-electron chi connectivity index (χ1n) is 7.17. The van der Waals surface area contributed by atoms with Crippen molar-refractivity contribution >= 4 is 34.7 Å². The van der Waals surface area contributed by atoms with Gasteiger partial charge in [-0.3, -0.25) is 0 Å². The molecule has 8 heteroatoms. The molecule has 0 fully saturated rings. The first kappa shape index (κ1) is 16.4. The average molecular weight is 360 g/mol. The summed E-state index contributed by atoms with van der Waals surface area (Å²) in [5.41, 5.74) is 1.82. The third-order valence-corrected chi connectivity index (χ3v) is 3.72. The number of hydrogen-bond acceptors (Lipinski definition) is 5. The van der Waals surface area contributed by atoms with E-state index in [4.69, 9.17) is 28.3 Å². The van der Waals surface area contributed by atoms with Gasteiger partial charge in [0.05, 0.1) is 11.6 Å². The molecule has 0 aliphatic carbocycles. The maximum Gasteiger partial charge on any atom is 0.246 e. The molecule has 0 radical (unpaired) electrons. The molecule has 1 aromatic carbocycles. The molecule has 0 atom stereocenters. The molecular weight excluding hydrogens is 346 g/mol. The smallest absolute Gasteiger partial charge is 0.246 e. The molecule has 0 unspecified atom stereocenters. The number of anilines is 1. The lowest BCUT2D eigenvalue weighted by molar-refractivity contribution is 0.376. The van der Waals surface area contributed by atoms with Crippen LogP contribution in [0, 0.1) is 6.92 Å².